The standard InChI is InChI=1S/C20H25N/c1-2-6-17-8-12-19(13-9-17)20-14-10-18(11-15-20)7-4-3-5-16-21/h3-5,7-9,12-13,18,20H,2,6,10-11,14-15H2,1H3. The number of hydrogen-bond acceptors (Lipinski definition) is 1. The highest BCUT2D eigenvalue weighted by atomic mass is 14.3. The molecular formula is C20H25N. The Morgan fingerprint density at radius 1 is 1.10 bits per heavy atom. The van der Waals surface area contributed by atoms with Crippen molar-refractivity contribution in [2.24, 2.45) is 5.92 Å². The van der Waals surface area contributed by atoms with E-state index in [0.29, 0.717) is 5.92 Å². The van der Waals surface area contributed by atoms with Crippen molar-refractivity contribution in [1.82, 2.24) is 0 Å². The molecule has 1 aliphatic carbocycles. The molecule has 0 heterocycles. The Labute approximate surface area is 129 Å². The van der Waals surface area contributed by atoms with Crippen molar-refractivity contribution in [3.8, 4) is 6.07 Å². The van der Waals surface area contributed by atoms with Crippen molar-refractivity contribution in [3.63, 3.8) is 0 Å². The molecule has 1 fully saturated rings. The van der Waals surface area contributed by atoms with Gasteiger partial charge in [-0.25, -0.2) is 0 Å². The number of hydrogen-bond donors (Lipinski definition) is 0. The second-order valence-corrected chi connectivity index (χ2v) is 5.98. The molecule has 0 spiro atoms. The lowest BCUT2D eigenvalue weighted by molar-refractivity contribution is 0.376. The molecule has 0 unspecified atom stereocenters. The molecule has 1 nitrogen and oxygen atoms in total. The molecular weight excluding hydrogens is 254 g/mol. The monoisotopic (exact) mass is 279 g/mol. The SMILES string of the molecule is CCCc1ccc(C2CCC(C=CC=CC#N)CC2)cc1. The molecule has 0 bridgehead atoms. The van der Waals surface area contributed by atoms with Crippen LogP contribution < -0.4 is 0 Å². The van der Waals surface area contributed by atoms with Crippen molar-refractivity contribution < 1.29 is 0 Å². The molecule has 110 valence electrons. The summed E-state index contributed by atoms with van der Waals surface area (Å²) in [6.45, 7) is 2.23. The van der Waals surface area contributed by atoms with Crippen LogP contribution in [0.25, 0.3) is 0 Å². The third-order valence-electron chi connectivity index (χ3n) is 4.43. The largest absolute Gasteiger partial charge is 0.193 e. The van der Waals surface area contributed by atoms with Crippen LogP contribution in [0, 0.1) is 17.2 Å². The van der Waals surface area contributed by atoms with E-state index in [1.165, 1.54) is 55.7 Å². The van der Waals surface area contributed by atoms with Gasteiger partial charge in [0.2, 0.25) is 0 Å². The fourth-order valence-corrected chi connectivity index (χ4v) is 3.21. The highest BCUT2D eigenvalue weighted by Crippen LogP contribution is 2.36. The molecule has 0 radical (unpaired) electrons. The lowest BCUT2D eigenvalue weighted by Gasteiger charge is -2.27. The smallest absolute Gasteiger partial charge is 0.0912 e. The van der Waals surface area contributed by atoms with E-state index in [2.05, 4.69) is 37.3 Å². The Morgan fingerprint density at radius 3 is 2.43 bits per heavy atom. The predicted octanol–water partition coefficient (Wildman–Crippen LogP) is 5.55. The third kappa shape index (κ3) is 4.90. The average Bonchev–Trinajstić information content (AvgIpc) is 2.53. The molecule has 0 aliphatic heterocycles. The van der Waals surface area contributed by atoms with Gasteiger partial charge in [0, 0.05) is 6.08 Å². The molecule has 0 aromatic heterocycles. The Hall–Kier alpha value is -1.81. The van der Waals surface area contributed by atoms with Gasteiger partial charge >= 0.3 is 0 Å². The van der Waals surface area contributed by atoms with Gasteiger partial charge in [-0.1, -0.05) is 55.8 Å². The van der Waals surface area contributed by atoms with Gasteiger partial charge in [-0.2, -0.15) is 5.26 Å². The molecule has 1 heteroatoms. The van der Waals surface area contributed by atoms with Crippen molar-refractivity contribution in [2.45, 2.75) is 51.4 Å². The maximum atomic E-state index is 8.45. The van der Waals surface area contributed by atoms with E-state index in [-0.39, 0.29) is 0 Å². The van der Waals surface area contributed by atoms with Crippen LogP contribution in [-0.2, 0) is 6.42 Å². The zero-order valence-corrected chi connectivity index (χ0v) is 13.0. The lowest BCUT2D eigenvalue weighted by Crippen LogP contribution is -2.11. The summed E-state index contributed by atoms with van der Waals surface area (Å²) < 4.78 is 0. The Kier molecular flexibility index (Phi) is 6.28. The number of rotatable bonds is 5. The number of nitriles is 1. The van der Waals surface area contributed by atoms with E-state index in [0.717, 1.165) is 5.92 Å². The maximum Gasteiger partial charge on any atom is 0.0912 e. The number of aryl methyl sites for hydroxylation is 1. The van der Waals surface area contributed by atoms with Gasteiger partial charge < -0.3 is 0 Å². The van der Waals surface area contributed by atoms with Gasteiger partial charge in [-0.15, -0.1) is 0 Å². The fraction of sp³-hybridized carbons (Fsp3) is 0.450. The summed E-state index contributed by atoms with van der Waals surface area (Å²) in [5, 5.41) is 8.45. The van der Waals surface area contributed by atoms with Crippen LogP contribution in [0.1, 0.15) is 56.1 Å². The Morgan fingerprint density at radius 2 is 1.81 bits per heavy atom. The Balaban J connectivity index is 1.84. The molecule has 1 aromatic rings. The van der Waals surface area contributed by atoms with Gasteiger partial charge in [0.05, 0.1) is 6.07 Å². The number of nitrogens with zero attached hydrogens (tertiary/aromatic N) is 1. The number of benzene rings is 1. The minimum atomic E-state index is 0.684. The second kappa shape index (κ2) is 8.47. The summed E-state index contributed by atoms with van der Waals surface area (Å²) in [5.41, 5.74) is 2.98. The average molecular weight is 279 g/mol. The van der Waals surface area contributed by atoms with Gasteiger partial charge in [0.15, 0.2) is 0 Å². The molecule has 1 aromatic carbocycles. The maximum absolute atomic E-state index is 8.45. The molecule has 0 N–H and O–H groups in total. The van der Waals surface area contributed by atoms with Gasteiger partial charge in [-0.05, 0) is 55.1 Å². The van der Waals surface area contributed by atoms with Crippen molar-refractivity contribution >= 4 is 0 Å². The van der Waals surface area contributed by atoms with Crippen molar-refractivity contribution in [3.05, 3.63) is 59.7 Å². The molecule has 1 aliphatic rings. The van der Waals surface area contributed by atoms with Crippen molar-refractivity contribution in [1.29, 1.82) is 5.26 Å². The lowest BCUT2D eigenvalue weighted by atomic mass is 9.78. The second-order valence-electron chi connectivity index (χ2n) is 5.98. The van der Waals surface area contributed by atoms with Crippen LogP contribution in [0.4, 0.5) is 0 Å². The molecule has 0 amide bonds. The first kappa shape index (κ1) is 15.6. The third-order valence-corrected chi connectivity index (χ3v) is 4.43. The van der Waals surface area contributed by atoms with Gasteiger partial charge in [0.1, 0.15) is 0 Å². The quantitative estimate of drug-likeness (QED) is 0.512. The van der Waals surface area contributed by atoms with E-state index < -0.39 is 0 Å². The first-order valence-electron chi connectivity index (χ1n) is 8.15. The van der Waals surface area contributed by atoms with Gasteiger partial charge in [0.25, 0.3) is 0 Å². The first-order chi connectivity index (χ1) is 10.3. The summed E-state index contributed by atoms with van der Waals surface area (Å²) in [7, 11) is 0. The van der Waals surface area contributed by atoms with E-state index in [4.69, 9.17) is 5.26 Å². The van der Waals surface area contributed by atoms with E-state index in [1.807, 2.05) is 18.2 Å². The summed E-state index contributed by atoms with van der Waals surface area (Å²) in [5.74, 6) is 1.42. The summed E-state index contributed by atoms with van der Waals surface area (Å²) >= 11 is 0. The van der Waals surface area contributed by atoms with Crippen LogP contribution in [0.3, 0.4) is 0 Å². The topological polar surface area (TPSA) is 23.8 Å². The minimum absolute atomic E-state index is 0.684. The predicted molar refractivity (Wildman–Crippen MR) is 89.0 cm³/mol. The van der Waals surface area contributed by atoms with Gasteiger partial charge in [-0.3, -0.25) is 0 Å². The molecule has 0 atom stereocenters. The zero-order chi connectivity index (χ0) is 14.9. The number of allylic oxidation sites excluding steroid dienone is 4. The minimum Gasteiger partial charge on any atom is -0.193 e. The van der Waals surface area contributed by atoms with Crippen molar-refractivity contribution in [2.75, 3.05) is 0 Å². The summed E-state index contributed by atoms with van der Waals surface area (Å²) in [4.78, 5) is 0. The van der Waals surface area contributed by atoms with E-state index >= 15 is 0 Å². The fourth-order valence-electron chi connectivity index (χ4n) is 3.21. The van der Waals surface area contributed by atoms with E-state index in [9.17, 15) is 0 Å². The highest BCUT2D eigenvalue weighted by Gasteiger charge is 2.20. The molecule has 21 heavy (non-hydrogen) atoms. The summed E-state index contributed by atoms with van der Waals surface area (Å²) in [6, 6.07) is 11.3. The van der Waals surface area contributed by atoms with Crippen LogP contribution in [-0.4, -0.2) is 0 Å². The first-order valence-corrected chi connectivity index (χ1v) is 8.15. The zero-order valence-electron chi connectivity index (χ0n) is 13.0. The van der Waals surface area contributed by atoms with Crippen LogP contribution in [0.5, 0.6) is 0 Å². The van der Waals surface area contributed by atoms with Crippen LogP contribution >= 0.6 is 0 Å². The van der Waals surface area contributed by atoms with Crippen LogP contribution in [0.15, 0.2) is 48.6 Å². The molecule has 1 saturated carbocycles. The highest BCUT2D eigenvalue weighted by molar-refractivity contribution is 5.26. The Bertz CT molecular complexity index is 508. The van der Waals surface area contributed by atoms with Crippen LogP contribution in [0.2, 0.25) is 0 Å². The normalized spacial score (nSPS) is 22.7. The molecule has 0 saturated heterocycles. The molecule has 2 rings (SSSR count). The summed E-state index contributed by atoms with van der Waals surface area (Å²) in [6.07, 6.45) is 15.1. The van der Waals surface area contributed by atoms with E-state index in [1.54, 1.807) is 0 Å².